The summed E-state index contributed by atoms with van der Waals surface area (Å²) in [5.74, 6) is 0.326. The maximum Gasteiger partial charge on any atom is 0.0306 e. The van der Waals surface area contributed by atoms with E-state index < -0.39 is 0 Å². The zero-order valence-corrected chi connectivity index (χ0v) is 11.5. The zero-order valence-electron chi connectivity index (χ0n) is 9.11. The van der Waals surface area contributed by atoms with Crippen LogP contribution in [0.25, 0.3) is 0 Å². The normalized spacial score (nSPS) is 12.7. The Morgan fingerprint density at radius 1 is 1.19 bits per heavy atom. The smallest absolute Gasteiger partial charge is 0.0306 e. The highest BCUT2D eigenvalue weighted by molar-refractivity contribution is 9.10. The lowest BCUT2D eigenvalue weighted by molar-refractivity contribution is 0.835. The highest BCUT2D eigenvalue weighted by Gasteiger charge is 2.13. The van der Waals surface area contributed by atoms with Crippen molar-refractivity contribution < 1.29 is 0 Å². The molecule has 84 valence electrons. The molecule has 0 aliphatic carbocycles. The Bertz CT molecular complexity index is 461. The van der Waals surface area contributed by atoms with Gasteiger partial charge in [0.15, 0.2) is 0 Å². The molecule has 1 unspecified atom stereocenters. The SMILES string of the molecule is Cc1ccc(C(CN)c2ccc(Br)cc2)s1. The second-order valence-corrected chi connectivity index (χ2v) is 6.02. The summed E-state index contributed by atoms with van der Waals surface area (Å²) in [6, 6.07) is 12.7. The van der Waals surface area contributed by atoms with Crippen LogP contribution in [0.2, 0.25) is 0 Å². The van der Waals surface area contributed by atoms with Crippen LogP contribution in [0, 0.1) is 6.92 Å². The summed E-state index contributed by atoms with van der Waals surface area (Å²) < 4.78 is 1.11. The molecule has 1 heterocycles. The van der Waals surface area contributed by atoms with Crippen LogP contribution >= 0.6 is 27.3 Å². The molecule has 2 rings (SSSR count). The number of nitrogens with two attached hydrogens (primary N) is 1. The molecule has 0 saturated carbocycles. The van der Waals surface area contributed by atoms with Crippen LogP contribution in [-0.2, 0) is 0 Å². The van der Waals surface area contributed by atoms with Crippen LogP contribution in [0.3, 0.4) is 0 Å². The number of aryl methyl sites for hydroxylation is 1. The molecule has 1 aromatic carbocycles. The summed E-state index contributed by atoms with van der Waals surface area (Å²) in [5.41, 5.74) is 7.16. The Morgan fingerprint density at radius 3 is 2.38 bits per heavy atom. The second-order valence-electron chi connectivity index (χ2n) is 3.79. The van der Waals surface area contributed by atoms with Gasteiger partial charge in [-0.25, -0.2) is 0 Å². The van der Waals surface area contributed by atoms with E-state index in [2.05, 4.69) is 59.3 Å². The minimum Gasteiger partial charge on any atom is -0.329 e. The van der Waals surface area contributed by atoms with Gasteiger partial charge in [-0.3, -0.25) is 0 Å². The van der Waals surface area contributed by atoms with Gasteiger partial charge in [0.25, 0.3) is 0 Å². The molecule has 0 amide bonds. The van der Waals surface area contributed by atoms with E-state index in [-0.39, 0.29) is 0 Å². The van der Waals surface area contributed by atoms with Crippen LogP contribution in [0.5, 0.6) is 0 Å². The lowest BCUT2D eigenvalue weighted by atomic mass is 9.98. The largest absolute Gasteiger partial charge is 0.329 e. The average molecular weight is 296 g/mol. The first-order valence-electron chi connectivity index (χ1n) is 5.22. The van der Waals surface area contributed by atoms with E-state index in [1.807, 2.05) is 11.3 Å². The van der Waals surface area contributed by atoms with E-state index in [0.29, 0.717) is 12.5 Å². The maximum absolute atomic E-state index is 5.88. The number of thiophene rings is 1. The molecule has 3 heteroatoms. The predicted molar refractivity (Wildman–Crippen MR) is 74.1 cm³/mol. The Balaban J connectivity index is 2.32. The van der Waals surface area contributed by atoms with E-state index in [0.717, 1.165) is 4.47 Å². The van der Waals surface area contributed by atoms with E-state index in [9.17, 15) is 0 Å². The van der Waals surface area contributed by atoms with Crippen molar-refractivity contribution in [3.05, 3.63) is 56.2 Å². The van der Waals surface area contributed by atoms with Gasteiger partial charge in [0.1, 0.15) is 0 Å². The summed E-state index contributed by atoms with van der Waals surface area (Å²) in [6.07, 6.45) is 0. The molecule has 0 fully saturated rings. The molecule has 0 spiro atoms. The molecule has 0 saturated heterocycles. The monoisotopic (exact) mass is 295 g/mol. The number of benzene rings is 1. The van der Waals surface area contributed by atoms with Gasteiger partial charge in [0, 0.05) is 26.7 Å². The lowest BCUT2D eigenvalue weighted by Gasteiger charge is -2.13. The van der Waals surface area contributed by atoms with Gasteiger partial charge >= 0.3 is 0 Å². The van der Waals surface area contributed by atoms with Crippen molar-refractivity contribution in [3.63, 3.8) is 0 Å². The van der Waals surface area contributed by atoms with Crippen LogP contribution in [0.1, 0.15) is 21.2 Å². The molecule has 0 aliphatic rings. The molecule has 1 aromatic heterocycles. The fraction of sp³-hybridized carbons (Fsp3) is 0.231. The molecule has 16 heavy (non-hydrogen) atoms. The van der Waals surface area contributed by atoms with Gasteiger partial charge in [0.2, 0.25) is 0 Å². The first-order valence-corrected chi connectivity index (χ1v) is 6.83. The molecule has 2 N–H and O–H groups in total. The van der Waals surface area contributed by atoms with Crippen molar-refractivity contribution >= 4 is 27.3 Å². The summed E-state index contributed by atoms with van der Waals surface area (Å²) in [7, 11) is 0. The van der Waals surface area contributed by atoms with E-state index in [1.165, 1.54) is 15.3 Å². The minimum absolute atomic E-state index is 0.326. The van der Waals surface area contributed by atoms with Crippen LogP contribution in [-0.4, -0.2) is 6.54 Å². The van der Waals surface area contributed by atoms with E-state index in [4.69, 9.17) is 5.73 Å². The van der Waals surface area contributed by atoms with Gasteiger partial charge in [-0.1, -0.05) is 28.1 Å². The summed E-state index contributed by atoms with van der Waals surface area (Å²) >= 11 is 5.28. The first-order chi connectivity index (χ1) is 7.70. The number of halogens is 1. The molecule has 0 bridgehead atoms. The number of hydrogen-bond donors (Lipinski definition) is 1. The summed E-state index contributed by atoms with van der Waals surface area (Å²) in [6.45, 7) is 2.78. The van der Waals surface area contributed by atoms with Gasteiger partial charge in [-0.15, -0.1) is 11.3 Å². The van der Waals surface area contributed by atoms with Crippen molar-refractivity contribution in [2.75, 3.05) is 6.54 Å². The topological polar surface area (TPSA) is 26.0 Å². The molecule has 2 aromatic rings. The molecular formula is C13H14BrNS. The van der Waals surface area contributed by atoms with Crippen molar-refractivity contribution in [2.45, 2.75) is 12.8 Å². The molecule has 1 atom stereocenters. The number of hydrogen-bond acceptors (Lipinski definition) is 2. The Hall–Kier alpha value is -0.640. The third-order valence-electron chi connectivity index (χ3n) is 2.61. The first kappa shape index (κ1) is 11.8. The van der Waals surface area contributed by atoms with Crippen molar-refractivity contribution in [3.8, 4) is 0 Å². The van der Waals surface area contributed by atoms with Gasteiger partial charge < -0.3 is 5.73 Å². The fourth-order valence-corrected chi connectivity index (χ4v) is 3.04. The van der Waals surface area contributed by atoms with Gasteiger partial charge in [0.05, 0.1) is 0 Å². The summed E-state index contributed by atoms with van der Waals surface area (Å²) in [5, 5.41) is 0. The van der Waals surface area contributed by atoms with Crippen molar-refractivity contribution in [1.82, 2.24) is 0 Å². The Labute approximate surface area is 108 Å². The second kappa shape index (κ2) is 5.13. The van der Waals surface area contributed by atoms with Crippen LogP contribution in [0.15, 0.2) is 40.9 Å². The van der Waals surface area contributed by atoms with Gasteiger partial charge in [-0.05, 0) is 36.8 Å². The highest BCUT2D eigenvalue weighted by Crippen LogP contribution is 2.30. The summed E-state index contributed by atoms with van der Waals surface area (Å²) in [4.78, 5) is 2.69. The fourth-order valence-electron chi connectivity index (χ4n) is 1.75. The third-order valence-corrected chi connectivity index (χ3v) is 4.26. The predicted octanol–water partition coefficient (Wildman–Crippen LogP) is 3.91. The van der Waals surface area contributed by atoms with E-state index in [1.54, 1.807) is 0 Å². The molecule has 1 nitrogen and oxygen atoms in total. The number of rotatable bonds is 3. The van der Waals surface area contributed by atoms with Crippen molar-refractivity contribution in [1.29, 1.82) is 0 Å². The molecule has 0 radical (unpaired) electrons. The average Bonchev–Trinajstić information content (AvgIpc) is 2.69. The highest BCUT2D eigenvalue weighted by atomic mass is 79.9. The zero-order chi connectivity index (χ0) is 11.5. The van der Waals surface area contributed by atoms with Gasteiger partial charge in [-0.2, -0.15) is 0 Å². The van der Waals surface area contributed by atoms with Crippen LogP contribution < -0.4 is 5.73 Å². The standard InChI is InChI=1S/C13H14BrNS/c1-9-2-7-13(16-9)12(8-15)10-3-5-11(14)6-4-10/h2-7,12H,8,15H2,1H3. The maximum atomic E-state index is 5.88. The lowest BCUT2D eigenvalue weighted by Crippen LogP contribution is -2.12. The Kier molecular flexibility index (Phi) is 3.79. The van der Waals surface area contributed by atoms with E-state index >= 15 is 0 Å². The third kappa shape index (κ3) is 2.54. The Morgan fingerprint density at radius 2 is 1.88 bits per heavy atom. The van der Waals surface area contributed by atoms with Crippen molar-refractivity contribution in [2.24, 2.45) is 5.73 Å². The minimum atomic E-state index is 0.326. The quantitative estimate of drug-likeness (QED) is 0.913. The van der Waals surface area contributed by atoms with Crippen LogP contribution in [0.4, 0.5) is 0 Å². The molecular weight excluding hydrogens is 282 g/mol. The molecule has 0 aliphatic heterocycles.